The largest absolute Gasteiger partial charge is 0.393 e. The summed E-state index contributed by atoms with van der Waals surface area (Å²) in [5.41, 5.74) is 0.553. The van der Waals surface area contributed by atoms with E-state index in [0.29, 0.717) is 12.0 Å². The zero-order chi connectivity index (χ0) is 12.3. The predicted molar refractivity (Wildman–Crippen MR) is 61.7 cm³/mol. The van der Waals surface area contributed by atoms with Gasteiger partial charge in [0.05, 0.1) is 6.10 Å². The third-order valence-electron chi connectivity index (χ3n) is 3.27. The number of rotatable bonds is 3. The monoisotopic (exact) mass is 241 g/mol. The summed E-state index contributed by atoms with van der Waals surface area (Å²) in [5.74, 6) is -1.01. The molecule has 1 heterocycles. The second-order valence-electron chi connectivity index (χ2n) is 4.56. The zero-order valence-electron chi connectivity index (χ0n) is 9.70. The van der Waals surface area contributed by atoms with Crippen molar-refractivity contribution in [2.45, 2.75) is 25.4 Å². The van der Waals surface area contributed by atoms with Crippen molar-refractivity contribution in [1.82, 2.24) is 4.90 Å². The number of benzene rings is 1. The molecule has 0 aliphatic carbocycles. The molecular formula is C13H17F2NO. The first-order valence-corrected chi connectivity index (χ1v) is 5.99. The zero-order valence-corrected chi connectivity index (χ0v) is 9.70. The lowest BCUT2D eigenvalue weighted by Crippen LogP contribution is -2.37. The Morgan fingerprint density at radius 2 is 1.94 bits per heavy atom. The van der Waals surface area contributed by atoms with Gasteiger partial charge in [0.1, 0.15) is 11.6 Å². The summed E-state index contributed by atoms with van der Waals surface area (Å²) in [6.45, 7) is 2.46. The van der Waals surface area contributed by atoms with Gasteiger partial charge in [-0.2, -0.15) is 0 Å². The van der Waals surface area contributed by atoms with Gasteiger partial charge < -0.3 is 10.0 Å². The van der Waals surface area contributed by atoms with E-state index in [9.17, 15) is 13.9 Å². The Labute approximate surface area is 99.9 Å². The maximum atomic E-state index is 13.4. The Hall–Kier alpha value is -1.00. The molecule has 0 radical (unpaired) electrons. The molecule has 0 bridgehead atoms. The lowest BCUT2D eigenvalue weighted by molar-refractivity contribution is 0.0831. The van der Waals surface area contributed by atoms with Crippen LogP contribution in [0.5, 0.6) is 0 Å². The SMILES string of the molecule is OC1CCN(CCc2ccc(F)cc2F)CC1. The van der Waals surface area contributed by atoms with E-state index in [4.69, 9.17) is 0 Å². The molecule has 0 aromatic heterocycles. The topological polar surface area (TPSA) is 23.5 Å². The second-order valence-corrected chi connectivity index (χ2v) is 4.56. The molecule has 1 aromatic rings. The van der Waals surface area contributed by atoms with Crippen LogP contribution < -0.4 is 0 Å². The van der Waals surface area contributed by atoms with E-state index in [2.05, 4.69) is 4.90 Å². The van der Waals surface area contributed by atoms with Crippen molar-refractivity contribution in [3.8, 4) is 0 Å². The van der Waals surface area contributed by atoms with Crippen molar-refractivity contribution >= 4 is 0 Å². The molecule has 0 saturated carbocycles. The number of aliphatic hydroxyl groups excluding tert-OH is 1. The average molecular weight is 241 g/mol. The predicted octanol–water partition coefficient (Wildman–Crippen LogP) is 1.96. The molecule has 1 fully saturated rings. The first-order valence-electron chi connectivity index (χ1n) is 5.99. The molecule has 1 aliphatic heterocycles. The molecule has 0 atom stereocenters. The highest BCUT2D eigenvalue weighted by Gasteiger charge is 2.16. The smallest absolute Gasteiger partial charge is 0.129 e. The Kier molecular flexibility index (Phi) is 4.07. The van der Waals surface area contributed by atoms with Gasteiger partial charge in [0, 0.05) is 25.7 Å². The highest BCUT2D eigenvalue weighted by atomic mass is 19.1. The van der Waals surface area contributed by atoms with Crippen molar-refractivity contribution in [2.24, 2.45) is 0 Å². The van der Waals surface area contributed by atoms with Gasteiger partial charge in [-0.3, -0.25) is 0 Å². The number of piperidine rings is 1. The Morgan fingerprint density at radius 3 is 2.59 bits per heavy atom. The van der Waals surface area contributed by atoms with Crippen LogP contribution in [0.15, 0.2) is 18.2 Å². The van der Waals surface area contributed by atoms with Gasteiger partial charge in [-0.15, -0.1) is 0 Å². The van der Waals surface area contributed by atoms with Crippen LogP contribution in [0.25, 0.3) is 0 Å². The third kappa shape index (κ3) is 3.48. The molecule has 17 heavy (non-hydrogen) atoms. The van der Waals surface area contributed by atoms with E-state index in [-0.39, 0.29) is 6.10 Å². The van der Waals surface area contributed by atoms with Gasteiger partial charge in [0.2, 0.25) is 0 Å². The van der Waals surface area contributed by atoms with E-state index in [0.717, 1.165) is 38.5 Å². The van der Waals surface area contributed by atoms with E-state index in [1.807, 2.05) is 0 Å². The molecule has 2 nitrogen and oxygen atoms in total. The molecule has 4 heteroatoms. The molecule has 2 rings (SSSR count). The molecule has 1 saturated heterocycles. The maximum absolute atomic E-state index is 13.4. The van der Waals surface area contributed by atoms with Gasteiger partial charge in [-0.25, -0.2) is 8.78 Å². The molecule has 0 unspecified atom stereocenters. The van der Waals surface area contributed by atoms with Gasteiger partial charge in [-0.1, -0.05) is 6.07 Å². The summed E-state index contributed by atoms with van der Waals surface area (Å²) in [6.07, 6.45) is 1.97. The highest BCUT2D eigenvalue weighted by Crippen LogP contribution is 2.13. The summed E-state index contributed by atoms with van der Waals surface area (Å²) in [6, 6.07) is 3.72. The summed E-state index contributed by atoms with van der Waals surface area (Å²) in [7, 11) is 0. The Bertz CT molecular complexity index is 376. The van der Waals surface area contributed by atoms with Gasteiger partial charge in [0.25, 0.3) is 0 Å². The number of hydrogen-bond acceptors (Lipinski definition) is 2. The first-order chi connectivity index (χ1) is 8.15. The summed E-state index contributed by atoms with van der Waals surface area (Å²) < 4.78 is 26.1. The number of halogens is 2. The fourth-order valence-corrected chi connectivity index (χ4v) is 2.15. The molecule has 0 amide bonds. The Morgan fingerprint density at radius 1 is 1.24 bits per heavy atom. The normalized spacial score (nSPS) is 18.5. The minimum absolute atomic E-state index is 0.186. The average Bonchev–Trinajstić information content (AvgIpc) is 2.30. The fourth-order valence-electron chi connectivity index (χ4n) is 2.15. The second kappa shape index (κ2) is 5.56. The van der Waals surface area contributed by atoms with E-state index in [1.165, 1.54) is 12.1 Å². The van der Waals surface area contributed by atoms with Crippen molar-refractivity contribution < 1.29 is 13.9 Å². The maximum Gasteiger partial charge on any atom is 0.129 e. The molecule has 1 N–H and O–H groups in total. The third-order valence-corrected chi connectivity index (χ3v) is 3.27. The number of hydrogen-bond donors (Lipinski definition) is 1. The molecule has 1 aliphatic rings. The van der Waals surface area contributed by atoms with Gasteiger partial charge in [0.15, 0.2) is 0 Å². The van der Waals surface area contributed by atoms with Gasteiger partial charge in [-0.05, 0) is 30.9 Å². The van der Waals surface area contributed by atoms with E-state index in [1.54, 1.807) is 0 Å². The highest BCUT2D eigenvalue weighted by molar-refractivity contribution is 5.18. The number of likely N-dealkylation sites (tertiary alicyclic amines) is 1. The van der Waals surface area contributed by atoms with Gasteiger partial charge >= 0.3 is 0 Å². The van der Waals surface area contributed by atoms with Crippen LogP contribution in [0.1, 0.15) is 18.4 Å². The molecule has 0 spiro atoms. The summed E-state index contributed by atoms with van der Waals surface area (Å²) >= 11 is 0. The Balaban J connectivity index is 1.85. The number of nitrogens with zero attached hydrogens (tertiary/aromatic N) is 1. The minimum Gasteiger partial charge on any atom is -0.393 e. The van der Waals surface area contributed by atoms with Crippen LogP contribution in [0.4, 0.5) is 8.78 Å². The van der Waals surface area contributed by atoms with Crippen LogP contribution in [-0.2, 0) is 6.42 Å². The lowest BCUT2D eigenvalue weighted by Gasteiger charge is -2.29. The summed E-state index contributed by atoms with van der Waals surface area (Å²) in [4.78, 5) is 2.20. The van der Waals surface area contributed by atoms with Crippen LogP contribution in [-0.4, -0.2) is 35.7 Å². The molecule has 1 aromatic carbocycles. The van der Waals surface area contributed by atoms with Crippen LogP contribution in [0, 0.1) is 11.6 Å². The van der Waals surface area contributed by atoms with Crippen molar-refractivity contribution in [1.29, 1.82) is 0 Å². The minimum atomic E-state index is -0.535. The quantitative estimate of drug-likeness (QED) is 0.874. The van der Waals surface area contributed by atoms with E-state index >= 15 is 0 Å². The van der Waals surface area contributed by atoms with E-state index < -0.39 is 11.6 Å². The van der Waals surface area contributed by atoms with Crippen molar-refractivity contribution in [3.63, 3.8) is 0 Å². The van der Waals surface area contributed by atoms with Crippen molar-refractivity contribution in [2.75, 3.05) is 19.6 Å². The lowest BCUT2D eigenvalue weighted by atomic mass is 10.1. The van der Waals surface area contributed by atoms with Crippen LogP contribution in [0.2, 0.25) is 0 Å². The molecule has 94 valence electrons. The van der Waals surface area contributed by atoms with Crippen LogP contribution in [0.3, 0.4) is 0 Å². The van der Waals surface area contributed by atoms with Crippen LogP contribution >= 0.6 is 0 Å². The first kappa shape index (κ1) is 12.5. The molecular weight excluding hydrogens is 224 g/mol. The number of aliphatic hydroxyl groups is 1. The fraction of sp³-hybridized carbons (Fsp3) is 0.538. The van der Waals surface area contributed by atoms with Crippen molar-refractivity contribution in [3.05, 3.63) is 35.4 Å². The summed E-state index contributed by atoms with van der Waals surface area (Å²) in [5, 5.41) is 9.36. The standard InChI is InChI=1S/C13H17F2NO/c14-11-2-1-10(13(15)9-11)3-6-16-7-4-12(17)5-8-16/h1-2,9,12,17H,3-8H2.